The highest BCUT2D eigenvalue weighted by Crippen LogP contribution is 2.25. The van der Waals surface area contributed by atoms with Crippen LogP contribution in [0.1, 0.15) is 15.9 Å². The van der Waals surface area contributed by atoms with Gasteiger partial charge >= 0.3 is 5.97 Å². The summed E-state index contributed by atoms with van der Waals surface area (Å²) in [6.45, 7) is -0.786. The van der Waals surface area contributed by atoms with Crippen molar-refractivity contribution in [3.05, 3.63) is 70.8 Å². The highest BCUT2D eigenvalue weighted by molar-refractivity contribution is 6.32. The molecule has 0 bridgehead atoms. The Kier molecular flexibility index (Phi) is 7.58. The van der Waals surface area contributed by atoms with Gasteiger partial charge in [0.1, 0.15) is 12.3 Å². The molecule has 6 nitrogen and oxygen atoms in total. The Labute approximate surface area is 161 Å². The van der Waals surface area contributed by atoms with E-state index in [1.54, 1.807) is 12.1 Å². The van der Waals surface area contributed by atoms with Crippen LogP contribution >= 0.6 is 11.6 Å². The average Bonchev–Trinajstić information content (AvgIpc) is 2.69. The molecule has 140 valence electrons. The predicted molar refractivity (Wildman–Crippen MR) is 102 cm³/mol. The zero-order valence-corrected chi connectivity index (χ0v) is 15.4. The number of nitrogens with one attached hydrogen (secondary N) is 1. The van der Waals surface area contributed by atoms with Crippen LogP contribution in [0.5, 0.6) is 5.75 Å². The normalized spacial score (nSPS) is 10.4. The maximum Gasteiger partial charge on any atom is 0.325 e. The van der Waals surface area contributed by atoms with Gasteiger partial charge in [0.25, 0.3) is 0 Å². The third-order valence-corrected chi connectivity index (χ3v) is 3.77. The fourth-order valence-electron chi connectivity index (χ4n) is 2.07. The summed E-state index contributed by atoms with van der Waals surface area (Å²) in [4.78, 5) is 35.4. The maximum atomic E-state index is 12.0. The predicted octanol–water partition coefficient (Wildman–Crippen LogP) is 2.90. The summed E-state index contributed by atoms with van der Waals surface area (Å²) in [5.41, 5.74) is 1.16. The van der Waals surface area contributed by atoms with Crippen LogP contribution in [0.15, 0.2) is 54.6 Å². The smallest absolute Gasteiger partial charge is 0.325 e. The topological polar surface area (TPSA) is 81.7 Å². The van der Waals surface area contributed by atoms with Crippen molar-refractivity contribution in [2.75, 3.05) is 20.3 Å². The number of esters is 1. The lowest BCUT2D eigenvalue weighted by atomic mass is 10.1. The van der Waals surface area contributed by atoms with Gasteiger partial charge in [-0.1, -0.05) is 41.9 Å². The Hall–Kier alpha value is -3.12. The molecule has 0 fully saturated rings. The first-order chi connectivity index (χ1) is 13.0. The van der Waals surface area contributed by atoms with E-state index in [9.17, 15) is 14.4 Å². The zero-order chi connectivity index (χ0) is 19.6. The summed E-state index contributed by atoms with van der Waals surface area (Å²) in [6.07, 6.45) is 2.94. The summed E-state index contributed by atoms with van der Waals surface area (Å²) < 4.78 is 9.87. The number of benzene rings is 2. The second kappa shape index (κ2) is 10.1. The van der Waals surface area contributed by atoms with E-state index in [2.05, 4.69) is 5.32 Å². The number of carbonyl (C=O) groups excluding carboxylic acids is 3. The third-order valence-electron chi connectivity index (χ3n) is 3.47. The van der Waals surface area contributed by atoms with Crippen LogP contribution in [-0.2, 0) is 14.3 Å². The van der Waals surface area contributed by atoms with Gasteiger partial charge in [0.2, 0.25) is 5.91 Å². The minimum atomic E-state index is -0.718. The lowest BCUT2D eigenvalue weighted by Gasteiger charge is -2.07. The zero-order valence-electron chi connectivity index (χ0n) is 14.6. The van der Waals surface area contributed by atoms with E-state index in [0.717, 1.165) is 5.56 Å². The average molecular weight is 388 g/mol. The van der Waals surface area contributed by atoms with Crippen LogP contribution in [-0.4, -0.2) is 37.9 Å². The lowest BCUT2D eigenvalue weighted by Crippen LogP contribution is -2.30. The fraction of sp³-hybridized carbons (Fsp3) is 0.150. The van der Waals surface area contributed by atoms with Crippen LogP contribution < -0.4 is 10.1 Å². The molecule has 7 heteroatoms. The van der Waals surface area contributed by atoms with Gasteiger partial charge in [-0.05, 0) is 29.8 Å². The second-order valence-electron chi connectivity index (χ2n) is 5.40. The van der Waals surface area contributed by atoms with E-state index in [0.29, 0.717) is 11.3 Å². The van der Waals surface area contributed by atoms with Crippen molar-refractivity contribution in [3.8, 4) is 5.75 Å². The molecule has 0 aromatic heterocycles. The number of amides is 1. The summed E-state index contributed by atoms with van der Waals surface area (Å²) in [7, 11) is 1.47. The molecule has 0 radical (unpaired) electrons. The Morgan fingerprint density at radius 1 is 1.11 bits per heavy atom. The molecule has 0 unspecified atom stereocenters. The van der Waals surface area contributed by atoms with Gasteiger partial charge in [0, 0.05) is 11.6 Å². The van der Waals surface area contributed by atoms with E-state index in [1.807, 2.05) is 30.3 Å². The van der Waals surface area contributed by atoms with Crippen molar-refractivity contribution in [3.63, 3.8) is 0 Å². The van der Waals surface area contributed by atoms with Crippen LogP contribution in [0, 0.1) is 0 Å². The quantitative estimate of drug-likeness (QED) is 0.428. The first-order valence-corrected chi connectivity index (χ1v) is 8.40. The molecule has 0 saturated carbocycles. The van der Waals surface area contributed by atoms with Crippen molar-refractivity contribution >= 4 is 35.3 Å². The van der Waals surface area contributed by atoms with E-state index < -0.39 is 24.3 Å². The number of hydrogen-bond donors (Lipinski definition) is 1. The molecular weight excluding hydrogens is 370 g/mol. The number of carbonyl (C=O) groups is 3. The molecule has 2 aromatic carbocycles. The first kappa shape index (κ1) is 20.2. The summed E-state index contributed by atoms with van der Waals surface area (Å²) >= 11 is 5.96. The molecule has 0 aliphatic rings. The molecule has 1 amide bonds. The maximum absolute atomic E-state index is 12.0. The van der Waals surface area contributed by atoms with E-state index >= 15 is 0 Å². The Morgan fingerprint density at radius 2 is 1.85 bits per heavy atom. The number of halogens is 1. The monoisotopic (exact) mass is 387 g/mol. The number of ketones is 1. The third kappa shape index (κ3) is 6.60. The summed E-state index contributed by atoms with van der Waals surface area (Å²) in [5, 5.41) is 2.68. The molecule has 2 rings (SSSR count). The molecule has 0 spiro atoms. The summed E-state index contributed by atoms with van der Waals surface area (Å²) in [6, 6.07) is 13.8. The summed E-state index contributed by atoms with van der Waals surface area (Å²) in [5.74, 6) is -1.13. The van der Waals surface area contributed by atoms with Crippen LogP contribution in [0.4, 0.5) is 0 Å². The lowest BCUT2D eigenvalue weighted by molar-refractivity contribution is -0.142. The standard InChI is InChI=1S/C20H18ClNO5/c1-26-18-9-8-15(11-16(18)21)17(23)13-27-20(25)12-22-19(24)10-7-14-5-3-2-4-6-14/h2-11H,12-13H2,1H3,(H,22,24)/b10-7+. The SMILES string of the molecule is COc1ccc(C(=O)COC(=O)CNC(=O)/C=C/c2ccccc2)cc1Cl. The molecule has 0 aliphatic heterocycles. The van der Waals surface area contributed by atoms with Crippen LogP contribution in [0.2, 0.25) is 5.02 Å². The van der Waals surface area contributed by atoms with Gasteiger partial charge < -0.3 is 14.8 Å². The number of rotatable bonds is 8. The fourth-order valence-corrected chi connectivity index (χ4v) is 2.33. The first-order valence-electron chi connectivity index (χ1n) is 8.03. The van der Waals surface area contributed by atoms with Crippen molar-refractivity contribution < 1.29 is 23.9 Å². The van der Waals surface area contributed by atoms with Gasteiger partial charge in [0.05, 0.1) is 12.1 Å². The Balaban J connectivity index is 1.75. The molecule has 0 heterocycles. The van der Waals surface area contributed by atoms with Crippen LogP contribution in [0.25, 0.3) is 6.08 Å². The Morgan fingerprint density at radius 3 is 2.52 bits per heavy atom. The minimum Gasteiger partial charge on any atom is -0.495 e. The molecule has 0 saturated heterocycles. The van der Waals surface area contributed by atoms with E-state index in [4.69, 9.17) is 21.1 Å². The van der Waals surface area contributed by atoms with E-state index in [1.165, 1.54) is 25.3 Å². The number of hydrogen-bond acceptors (Lipinski definition) is 5. The van der Waals surface area contributed by atoms with Gasteiger partial charge in [-0.25, -0.2) is 0 Å². The highest BCUT2D eigenvalue weighted by Gasteiger charge is 2.12. The highest BCUT2D eigenvalue weighted by atomic mass is 35.5. The number of methoxy groups -OCH3 is 1. The van der Waals surface area contributed by atoms with Crippen molar-refractivity contribution in [1.82, 2.24) is 5.32 Å². The molecule has 0 aliphatic carbocycles. The number of Topliss-reactive ketones (excluding diaryl/α,β-unsaturated/α-hetero) is 1. The van der Waals surface area contributed by atoms with Gasteiger partial charge in [-0.15, -0.1) is 0 Å². The number of ether oxygens (including phenoxy) is 2. The van der Waals surface area contributed by atoms with Gasteiger partial charge in [-0.2, -0.15) is 0 Å². The van der Waals surface area contributed by atoms with Crippen molar-refractivity contribution in [2.45, 2.75) is 0 Å². The minimum absolute atomic E-state index is 0.284. The van der Waals surface area contributed by atoms with Crippen molar-refractivity contribution in [2.24, 2.45) is 0 Å². The van der Waals surface area contributed by atoms with Gasteiger partial charge in [-0.3, -0.25) is 14.4 Å². The molecular formula is C20H18ClNO5. The molecule has 27 heavy (non-hydrogen) atoms. The van der Waals surface area contributed by atoms with Crippen LogP contribution in [0.3, 0.4) is 0 Å². The molecule has 1 N–H and O–H groups in total. The Bertz CT molecular complexity index is 849. The van der Waals surface area contributed by atoms with Gasteiger partial charge in [0.15, 0.2) is 12.4 Å². The van der Waals surface area contributed by atoms with E-state index in [-0.39, 0.29) is 11.6 Å². The van der Waals surface area contributed by atoms with Crippen molar-refractivity contribution in [1.29, 1.82) is 0 Å². The second-order valence-corrected chi connectivity index (χ2v) is 5.80. The molecule has 0 atom stereocenters. The largest absolute Gasteiger partial charge is 0.495 e. The molecule has 2 aromatic rings.